The van der Waals surface area contributed by atoms with Crippen molar-refractivity contribution in [2.45, 2.75) is 38.1 Å². The summed E-state index contributed by atoms with van der Waals surface area (Å²) < 4.78 is 26.3. The van der Waals surface area contributed by atoms with Crippen molar-refractivity contribution in [1.29, 1.82) is 0 Å². The largest absolute Gasteiger partial charge is 0.324 e. The van der Waals surface area contributed by atoms with E-state index in [-0.39, 0.29) is 6.04 Å². The van der Waals surface area contributed by atoms with Gasteiger partial charge in [0.2, 0.25) is 10.0 Å². The third kappa shape index (κ3) is 3.31. The molecule has 1 aromatic carbocycles. The summed E-state index contributed by atoms with van der Waals surface area (Å²) in [5, 5.41) is 0. The minimum atomic E-state index is -3.39. The lowest BCUT2D eigenvalue weighted by Gasteiger charge is -2.20. The van der Waals surface area contributed by atoms with Crippen LogP contribution in [0.3, 0.4) is 0 Å². The van der Waals surface area contributed by atoms with Crippen molar-refractivity contribution in [3.8, 4) is 0 Å². The molecule has 1 aromatic rings. The Morgan fingerprint density at radius 3 is 2.50 bits per heavy atom. The molecule has 0 amide bonds. The topological polar surface area (TPSA) is 63.4 Å². The van der Waals surface area contributed by atoms with Crippen LogP contribution in [0.4, 0.5) is 0 Å². The first-order valence-electron chi connectivity index (χ1n) is 6.29. The Morgan fingerprint density at radius 1 is 1.33 bits per heavy atom. The molecule has 4 nitrogen and oxygen atoms in total. The van der Waals surface area contributed by atoms with E-state index in [1.807, 2.05) is 26.8 Å². The monoisotopic (exact) mass is 270 g/mol. The van der Waals surface area contributed by atoms with Crippen molar-refractivity contribution >= 4 is 10.0 Å². The number of nitrogens with two attached hydrogens (primary N) is 1. The van der Waals surface area contributed by atoms with Crippen LogP contribution in [0.15, 0.2) is 29.2 Å². The number of hydrogen-bond acceptors (Lipinski definition) is 3. The van der Waals surface area contributed by atoms with Gasteiger partial charge in [0, 0.05) is 19.1 Å². The summed E-state index contributed by atoms with van der Waals surface area (Å²) in [6, 6.07) is 6.71. The van der Waals surface area contributed by atoms with Crippen LogP contribution in [0.25, 0.3) is 0 Å². The molecule has 1 atom stereocenters. The van der Waals surface area contributed by atoms with E-state index in [0.717, 1.165) is 12.0 Å². The molecule has 102 valence electrons. The summed E-state index contributed by atoms with van der Waals surface area (Å²) in [6.45, 7) is 6.69. The third-order valence-electron chi connectivity index (χ3n) is 2.85. The molecule has 1 unspecified atom stereocenters. The van der Waals surface area contributed by atoms with E-state index in [1.165, 1.54) is 4.31 Å². The summed E-state index contributed by atoms with van der Waals surface area (Å²) in [7, 11) is -3.39. The summed E-state index contributed by atoms with van der Waals surface area (Å²) in [5.41, 5.74) is 6.62. The first-order chi connectivity index (χ1) is 8.43. The van der Waals surface area contributed by atoms with E-state index in [2.05, 4.69) is 0 Å². The number of rotatable bonds is 6. The highest BCUT2D eigenvalue weighted by Gasteiger charge is 2.22. The number of hydrogen-bond donors (Lipinski definition) is 1. The van der Waals surface area contributed by atoms with Crippen LogP contribution in [0, 0.1) is 0 Å². The van der Waals surface area contributed by atoms with Crippen molar-refractivity contribution in [2.24, 2.45) is 5.73 Å². The van der Waals surface area contributed by atoms with Crippen LogP contribution in [0.1, 0.15) is 38.8 Å². The quantitative estimate of drug-likeness (QED) is 0.861. The van der Waals surface area contributed by atoms with Crippen molar-refractivity contribution < 1.29 is 8.42 Å². The molecule has 0 aliphatic rings. The Morgan fingerprint density at radius 2 is 2.00 bits per heavy atom. The highest BCUT2D eigenvalue weighted by molar-refractivity contribution is 7.89. The average molecular weight is 270 g/mol. The van der Waals surface area contributed by atoms with Crippen molar-refractivity contribution in [3.05, 3.63) is 29.8 Å². The van der Waals surface area contributed by atoms with E-state index >= 15 is 0 Å². The predicted molar refractivity (Wildman–Crippen MR) is 73.8 cm³/mol. The second kappa shape index (κ2) is 6.31. The van der Waals surface area contributed by atoms with Crippen molar-refractivity contribution in [2.75, 3.05) is 13.1 Å². The van der Waals surface area contributed by atoms with Gasteiger partial charge in [-0.3, -0.25) is 0 Å². The predicted octanol–water partition coefficient (Wildman–Crippen LogP) is 2.13. The van der Waals surface area contributed by atoms with Crippen LogP contribution < -0.4 is 5.73 Å². The molecule has 0 spiro atoms. The molecule has 0 saturated heterocycles. The van der Waals surface area contributed by atoms with Crippen LogP contribution in [-0.2, 0) is 10.0 Å². The van der Waals surface area contributed by atoms with Gasteiger partial charge in [-0.1, -0.05) is 26.0 Å². The molecular formula is C13H22N2O2S. The van der Waals surface area contributed by atoms with Crippen molar-refractivity contribution in [3.63, 3.8) is 0 Å². The number of sulfonamides is 1. The van der Waals surface area contributed by atoms with Crippen LogP contribution in [0.2, 0.25) is 0 Å². The van der Waals surface area contributed by atoms with Gasteiger partial charge < -0.3 is 5.73 Å². The standard InChI is InChI=1S/C13H22N2O2S/c1-4-9-15(5-2)18(16,17)13-8-6-7-12(10-13)11(3)14/h6-8,10-11H,4-5,9,14H2,1-3H3. The van der Waals surface area contributed by atoms with Gasteiger partial charge >= 0.3 is 0 Å². The number of nitrogens with zero attached hydrogens (tertiary/aromatic N) is 1. The molecule has 0 bridgehead atoms. The smallest absolute Gasteiger partial charge is 0.243 e. The number of benzene rings is 1. The average Bonchev–Trinajstić information content (AvgIpc) is 2.35. The van der Waals surface area contributed by atoms with Gasteiger partial charge in [0.1, 0.15) is 0 Å². The summed E-state index contributed by atoms with van der Waals surface area (Å²) in [4.78, 5) is 0.326. The van der Waals surface area contributed by atoms with E-state index in [9.17, 15) is 8.42 Å². The Labute approximate surface area is 110 Å². The van der Waals surface area contributed by atoms with E-state index in [4.69, 9.17) is 5.73 Å². The first kappa shape index (κ1) is 15.1. The lowest BCUT2D eigenvalue weighted by atomic mass is 10.1. The fourth-order valence-electron chi connectivity index (χ4n) is 1.80. The molecule has 0 aliphatic carbocycles. The fourth-order valence-corrected chi connectivity index (χ4v) is 3.40. The Bertz CT molecular complexity index is 484. The summed E-state index contributed by atoms with van der Waals surface area (Å²) >= 11 is 0. The van der Waals surface area contributed by atoms with Gasteiger partial charge in [0.15, 0.2) is 0 Å². The van der Waals surface area contributed by atoms with Crippen LogP contribution in [-0.4, -0.2) is 25.8 Å². The van der Waals surface area contributed by atoms with Gasteiger partial charge in [-0.15, -0.1) is 0 Å². The maximum Gasteiger partial charge on any atom is 0.243 e. The van der Waals surface area contributed by atoms with E-state index in [1.54, 1.807) is 18.2 Å². The molecule has 0 heterocycles. The SMILES string of the molecule is CCCN(CC)S(=O)(=O)c1cccc(C(C)N)c1. The van der Waals surface area contributed by atoms with Gasteiger partial charge in [-0.05, 0) is 31.0 Å². The Hall–Kier alpha value is -0.910. The van der Waals surface area contributed by atoms with Crippen LogP contribution >= 0.6 is 0 Å². The molecule has 18 heavy (non-hydrogen) atoms. The van der Waals surface area contributed by atoms with Crippen LogP contribution in [0.5, 0.6) is 0 Å². The van der Waals surface area contributed by atoms with E-state index < -0.39 is 10.0 Å². The van der Waals surface area contributed by atoms with Gasteiger partial charge in [-0.25, -0.2) is 8.42 Å². The normalized spacial score (nSPS) is 13.8. The summed E-state index contributed by atoms with van der Waals surface area (Å²) in [6.07, 6.45) is 0.806. The molecule has 1 rings (SSSR count). The third-order valence-corrected chi connectivity index (χ3v) is 4.82. The highest BCUT2D eigenvalue weighted by atomic mass is 32.2. The lowest BCUT2D eigenvalue weighted by molar-refractivity contribution is 0.427. The Balaban J connectivity index is 3.15. The summed E-state index contributed by atoms with van der Waals surface area (Å²) in [5.74, 6) is 0. The molecule has 5 heteroatoms. The fraction of sp³-hybridized carbons (Fsp3) is 0.538. The molecular weight excluding hydrogens is 248 g/mol. The highest BCUT2D eigenvalue weighted by Crippen LogP contribution is 2.19. The zero-order chi connectivity index (χ0) is 13.8. The molecule has 0 saturated carbocycles. The minimum absolute atomic E-state index is 0.165. The van der Waals surface area contributed by atoms with E-state index in [0.29, 0.717) is 18.0 Å². The molecule has 0 aromatic heterocycles. The maximum absolute atomic E-state index is 12.4. The van der Waals surface area contributed by atoms with Gasteiger partial charge in [0.05, 0.1) is 4.90 Å². The second-order valence-electron chi connectivity index (χ2n) is 4.36. The van der Waals surface area contributed by atoms with Gasteiger partial charge in [-0.2, -0.15) is 4.31 Å². The van der Waals surface area contributed by atoms with Gasteiger partial charge in [0.25, 0.3) is 0 Å². The molecule has 0 radical (unpaired) electrons. The lowest BCUT2D eigenvalue weighted by Crippen LogP contribution is -2.31. The molecule has 0 fully saturated rings. The minimum Gasteiger partial charge on any atom is -0.324 e. The molecule has 2 N–H and O–H groups in total. The maximum atomic E-state index is 12.4. The zero-order valence-electron chi connectivity index (χ0n) is 11.3. The molecule has 0 aliphatic heterocycles. The zero-order valence-corrected chi connectivity index (χ0v) is 12.1. The second-order valence-corrected chi connectivity index (χ2v) is 6.30. The van der Waals surface area contributed by atoms with Crippen molar-refractivity contribution in [1.82, 2.24) is 4.31 Å². The first-order valence-corrected chi connectivity index (χ1v) is 7.73. The Kier molecular flexibility index (Phi) is 5.31.